The van der Waals surface area contributed by atoms with Gasteiger partial charge in [0, 0.05) is 37.7 Å². The van der Waals surface area contributed by atoms with Crippen molar-refractivity contribution in [3.05, 3.63) is 40.8 Å². The van der Waals surface area contributed by atoms with Crippen LogP contribution in [0.2, 0.25) is 0 Å². The van der Waals surface area contributed by atoms with Crippen LogP contribution in [-0.2, 0) is 19.1 Å². The zero-order chi connectivity index (χ0) is 22.4. The highest BCUT2D eigenvalue weighted by molar-refractivity contribution is 5.86. The number of carbonyl (C=O) groups is 3. The molecule has 2 heterocycles. The summed E-state index contributed by atoms with van der Waals surface area (Å²) in [4.78, 5) is 51.2. The van der Waals surface area contributed by atoms with Gasteiger partial charge in [-0.25, -0.2) is 4.79 Å². The Bertz CT molecular complexity index is 1020. The lowest BCUT2D eigenvalue weighted by Gasteiger charge is -2.32. The van der Waals surface area contributed by atoms with Crippen molar-refractivity contribution in [2.75, 3.05) is 39.9 Å². The van der Waals surface area contributed by atoms with Gasteiger partial charge in [-0.15, -0.1) is 0 Å². The lowest BCUT2D eigenvalue weighted by Crippen LogP contribution is -2.47. The molecule has 0 saturated carbocycles. The van der Waals surface area contributed by atoms with E-state index in [4.69, 9.17) is 13.9 Å². The normalized spacial score (nSPS) is 16.1. The molecule has 3 rings (SSSR count). The number of likely N-dealkylation sites (tertiary alicyclic amines) is 1. The van der Waals surface area contributed by atoms with Gasteiger partial charge in [0.1, 0.15) is 11.3 Å². The lowest BCUT2D eigenvalue weighted by molar-refractivity contribution is -0.152. The van der Waals surface area contributed by atoms with Gasteiger partial charge in [0.05, 0.1) is 19.1 Å². The van der Waals surface area contributed by atoms with Crippen LogP contribution in [0.3, 0.4) is 0 Å². The van der Waals surface area contributed by atoms with Crippen LogP contribution in [0, 0.1) is 5.92 Å². The highest BCUT2D eigenvalue weighted by atomic mass is 16.5. The maximum Gasteiger partial charge on any atom is 0.336 e. The molecule has 0 bridgehead atoms. The van der Waals surface area contributed by atoms with E-state index in [0.29, 0.717) is 43.9 Å². The Hall–Kier alpha value is -3.36. The second kappa shape index (κ2) is 10.1. The Kier molecular flexibility index (Phi) is 7.28. The fraction of sp³-hybridized carbons (Fsp3) is 0.455. The fourth-order valence-corrected chi connectivity index (χ4v) is 3.43. The number of ether oxygens (including phenoxy) is 2. The number of rotatable bonds is 7. The molecule has 1 fully saturated rings. The number of likely N-dealkylation sites (N-methyl/N-ethyl adjacent to an activating group) is 1. The third-order valence-electron chi connectivity index (χ3n) is 5.15. The van der Waals surface area contributed by atoms with E-state index in [0.717, 1.165) is 5.39 Å². The molecule has 9 heteroatoms. The van der Waals surface area contributed by atoms with Crippen LogP contribution in [0.4, 0.5) is 0 Å². The maximum atomic E-state index is 12.6. The van der Waals surface area contributed by atoms with E-state index in [1.165, 1.54) is 18.0 Å². The van der Waals surface area contributed by atoms with Gasteiger partial charge in [-0.05, 0) is 38.0 Å². The molecule has 1 unspecified atom stereocenters. The third-order valence-corrected chi connectivity index (χ3v) is 5.15. The first kappa shape index (κ1) is 22.3. The van der Waals surface area contributed by atoms with E-state index in [2.05, 4.69) is 0 Å². The number of carbonyl (C=O) groups excluding carboxylic acids is 3. The molecule has 1 atom stereocenters. The summed E-state index contributed by atoms with van der Waals surface area (Å²) in [6, 6.07) is 7.91. The van der Waals surface area contributed by atoms with Gasteiger partial charge in [0.25, 0.3) is 5.91 Å². The van der Waals surface area contributed by atoms with Gasteiger partial charge in [0.2, 0.25) is 5.91 Å². The Balaban J connectivity index is 1.51. The first-order valence-electron chi connectivity index (χ1n) is 10.2. The summed E-state index contributed by atoms with van der Waals surface area (Å²) in [5.74, 6) is -0.832. The van der Waals surface area contributed by atoms with Crippen LogP contribution in [-0.4, -0.2) is 67.5 Å². The van der Waals surface area contributed by atoms with Crippen LogP contribution in [0.5, 0.6) is 5.75 Å². The number of hydrogen-bond donors (Lipinski definition) is 0. The molecule has 0 radical (unpaired) electrons. The average Bonchev–Trinajstić information content (AvgIpc) is 2.77. The Morgan fingerprint density at radius 3 is 2.77 bits per heavy atom. The Morgan fingerprint density at radius 2 is 2.00 bits per heavy atom. The summed E-state index contributed by atoms with van der Waals surface area (Å²) in [5, 5.41) is 0.739. The topological polar surface area (TPSA) is 106 Å². The summed E-state index contributed by atoms with van der Waals surface area (Å²) in [5.41, 5.74) is -0.107. The summed E-state index contributed by atoms with van der Waals surface area (Å²) in [6.45, 7) is 2.54. The lowest BCUT2D eigenvalue weighted by atomic mass is 9.98. The standard InChI is InChI=1S/C22H26N2O7/c1-3-29-22(28)16-5-4-10-24(12-16)19(25)13-23(2)20(26)14-30-17-8-6-15-7-9-21(27)31-18(15)11-17/h6-9,11,16H,3-5,10,12-14H2,1-2H3. The minimum Gasteiger partial charge on any atom is -0.484 e. The number of hydrogen-bond acceptors (Lipinski definition) is 7. The van der Waals surface area contributed by atoms with Crippen molar-refractivity contribution in [3.8, 4) is 5.75 Å². The maximum absolute atomic E-state index is 12.6. The molecule has 1 saturated heterocycles. The quantitative estimate of drug-likeness (QED) is 0.483. The van der Waals surface area contributed by atoms with E-state index in [1.807, 2.05) is 0 Å². The van der Waals surface area contributed by atoms with E-state index >= 15 is 0 Å². The zero-order valence-corrected chi connectivity index (χ0v) is 17.7. The van der Waals surface area contributed by atoms with Crippen molar-refractivity contribution < 1.29 is 28.3 Å². The average molecular weight is 430 g/mol. The van der Waals surface area contributed by atoms with Crippen molar-refractivity contribution in [2.24, 2.45) is 5.92 Å². The predicted molar refractivity (Wildman–Crippen MR) is 112 cm³/mol. The van der Waals surface area contributed by atoms with Crippen molar-refractivity contribution in [1.82, 2.24) is 9.80 Å². The summed E-state index contributed by atoms with van der Waals surface area (Å²) < 4.78 is 15.7. The molecule has 1 aromatic carbocycles. The molecular weight excluding hydrogens is 404 g/mol. The molecule has 31 heavy (non-hydrogen) atoms. The van der Waals surface area contributed by atoms with Crippen LogP contribution in [0.1, 0.15) is 19.8 Å². The number of nitrogens with zero attached hydrogens (tertiary/aromatic N) is 2. The van der Waals surface area contributed by atoms with Crippen LogP contribution < -0.4 is 10.4 Å². The molecule has 9 nitrogen and oxygen atoms in total. The minimum atomic E-state index is -0.470. The van der Waals surface area contributed by atoms with Crippen LogP contribution in [0.25, 0.3) is 11.0 Å². The monoisotopic (exact) mass is 430 g/mol. The van der Waals surface area contributed by atoms with Gasteiger partial charge in [-0.3, -0.25) is 14.4 Å². The highest BCUT2D eigenvalue weighted by Gasteiger charge is 2.30. The minimum absolute atomic E-state index is 0.107. The van der Waals surface area contributed by atoms with Crippen molar-refractivity contribution in [1.29, 1.82) is 0 Å². The highest BCUT2D eigenvalue weighted by Crippen LogP contribution is 2.20. The van der Waals surface area contributed by atoms with Crippen molar-refractivity contribution in [3.63, 3.8) is 0 Å². The van der Waals surface area contributed by atoms with E-state index in [1.54, 1.807) is 36.1 Å². The van der Waals surface area contributed by atoms with Crippen molar-refractivity contribution in [2.45, 2.75) is 19.8 Å². The largest absolute Gasteiger partial charge is 0.484 e. The van der Waals surface area contributed by atoms with Crippen LogP contribution >= 0.6 is 0 Å². The zero-order valence-electron chi connectivity index (χ0n) is 17.7. The molecule has 0 spiro atoms. The van der Waals surface area contributed by atoms with Gasteiger partial charge in [0.15, 0.2) is 6.61 Å². The number of piperidine rings is 1. The summed E-state index contributed by atoms with van der Waals surface area (Å²) in [6.07, 6.45) is 1.41. The van der Waals surface area contributed by atoms with Gasteiger partial charge >= 0.3 is 11.6 Å². The smallest absolute Gasteiger partial charge is 0.336 e. The number of amides is 2. The van der Waals surface area contributed by atoms with Crippen LogP contribution in [0.15, 0.2) is 39.5 Å². The molecule has 1 aliphatic heterocycles. The fourth-order valence-electron chi connectivity index (χ4n) is 3.43. The first-order valence-corrected chi connectivity index (χ1v) is 10.2. The SMILES string of the molecule is CCOC(=O)C1CCCN(C(=O)CN(C)C(=O)COc2ccc3ccc(=O)oc3c2)C1. The van der Waals surface area contributed by atoms with E-state index < -0.39 is 5.63 Å². The van der Waals surface area contributed by atoms with E-state index in [-0.39, 0.29) is 36.9 Å². The van der Waals surface area contributed by atoms with Crippen molar-refractivity contribution >= 4 is 28.8 Å². The Morgan fingerprint density at radius 1 is 1.23 bits per heavy atom. The number of fused-ring (bicyclic) bond motifs is 1. The Labute approximate surface area is 179 Å². The molecule has 1 aromatic heterocycles. The molecule has 0 aliphatic carbocycles. The van der Waals surface area contributed by atoms with Gasteiger partial charge < -0.3 is 23.7 Å². The van der Waals surface area contributed by atoms with Gasteiger partial charge in [-0.2, -0.15) is 0 Å². The molecular formula is C22H26N2O7. The number of benzene rings is 1. The van der Waals surface area contributed by atoms with Gasteiger partial charge in [-0.1, -0.05) is 0 Å². The predicted octanol–water partition coefficient (Wildman–Crippen LogP) is 1.43. The van der Waals surface area contributed by atoms with E-state index in [9.17, 15) is 19.2 Å². The molecule has 0 N–H and O–H groups in total. The molecule has 2 aromatic rings. The second-order valence-electron chi connectivity index (χ2n) is 7.42. The summed E-state index contributed by atoms with van der Waals surface area (Å²) in [7, 11) is 1.52. The molecule has 1 aliphatic rings. The first-order chi connectivity index (χ1) is 14.9. The molecule has 166 valence electrons. The third kappa shape index (κ3) is 5.84. The molecule has 2 amide bonds. The number of esters is 1. The summed E-state index contributed by atoms with van der Waals surface area (Å²) >= 11 is 0. The second-order valence-corrected chi connectivity index (χ2v) is 7.42.